The van der Waals surface area contributed by atoms with Crippen LogP contribution in [0.1, 0.15) is 26.8 Å². The van der Waals surface area contributed by atoms with Gasteiger partial charge in [0.05, 0.1) is 11.6 Å². The Morgan fingerprint density at radius 2 is 2.11 bits per heavy atom. The van der Waals surface area contributed by atoms with E-state index in [1.54, 1.807) is 0 Å². The first-order chi connectivity index (χ1) is 8.97. The second kappa shape index (κ2) is 5.38. The fourth-order valence-corrected chi connectivity index (χ4v) is 1.69. The molecule has 19 heavy (non-hydrogen) atoms. The molecule has 1 amide bonds. The molecule has 2 aromatic rings. The standard InChI is InChI=1S/C11H8Cl2N2O4/c12-6-3-7(15-9(6)13)10(16)14-4-5-1-2-8(19-5)11(17)18/h1-3,15H,4H2,(H,14,16)(H,17,18). The lowest BCUT2D eigenvalue weighted by Gasteiger charge is -2.00. The first-order valence-electron chi connectivity index (χ1n) is 5.11. The van der Waals surface area contributed by atoms with Crippen molar-refractivity contribution in [1.82, 2.24) is 10.3 Å². The number of aromatic amines is 1. The van der Waals surface area contributed by atoms with Crippen LogP contribution in [0.25, 0.3) is 0 Å². The Morgan fingerprint density at radius 3 is 2.63 bits per heavy atom. The number of H-pyrrole nitrogens is 1. The summed E-state index contributed by atoms with van der Waals surface area (Å²) in [5.74, 6) is -1.45. The predicted molar refractivity (Wildman–Crippen MR) is 67.7 cm³/mol. The van der Waals surface area contributed by atoms with E-state index in [-0.39, 0.29) is 28.2 Å². The molecule has 0 aliphatic carbocycles. The molecular weight excluding hydrogens is 295 g/mol. The van der Waals surface area contributed by atoms with Crippen molar-refractivity contribution in [2.24, 2.45) is 0 Å². The maximum atomic E-state index is 11.7. The summed E-state index contributed by atoms with van der Waals surface area (Å²) in [5, 5.41) is 11.6. The van der Waals surface area contributed by atoms with Gasteiger partial charge in [-0.15, -0.1) is 0 Å². The number of carboxylic acids is 1. The third-order valence-electron chi connectivity index (χ3n) is 2.27. The van der Waals surface area contributed by atoms with Crippen LogP contribution in [-0.2, 0) is 6.54 Å². The molecule has 0 aliphatic rings. The number of carbonyl (C=O) groups excluding carboxylic acids is 1. The highest BCUT2D eigenvalue weighted by Crippen LogP contribution is 2.21. The van der Waals surface area contributed by atoms with Crippen molar-refractivity contribution < 1.29 is 19.1 Å². The van der Waals surface area contributed by atoms with Crippen molar-refractivity contribution in [2.45, 2.75) is 6.54 Å². The van der Waals surface area contributed by atoms with Crippen molar-refractivity contribution in [3.8, 4) is 0 Å². The fourth-order valence-electron chi connectivity index (χ4n) is 1.38. The highest BCUT2D eigenvalue weighted by Gasteiger charge is 2.13. The van der Waals surface area contributed by atoms with Crippen LogP contribution in [0.5, 0.6) is 0 Å². The van der Waals surface area contributed by atoms with Gasteiger partial charge in [0.15, 0.2) is 0 Å². The first-order valence-corrected chi connectivity index (χ1v) is 5.87. The molecule has 0 fully saturated rings. The number of hydrogen-bond donors (Lipinski definition) is 3. The Labute approximate surface area is 117 Å². The Hall–Kier alpha value is -1.92. The minimum absolute atomic E-state index is 0.0559. The van der Waals surface area contributed by atoms with Gasteiger partial charge in [0.2, 0.25) is 5.76 Å². The van der Waals surface area contributed by atoms with Gasteiger partial charge in [-0.25, -0.2) is 4.79 Å². The minimum atomic E-state index is -1.17. The predicted octanol–water partition coefficient (Wildman–Crippen LogP) is 2.54. The number of hydrogen-bond acceptors (Lipinski definition) is 3. The van der Waals surface area contributed by atoms with Gasteiger partial charge in [-0.3, -0.25) is 4.79 Å². The number of furan rings is 1. The van der Waals surface area contributed by atoms with E-state index in [0.717, 1.165) is 0 Å². The van der Waals surface area contributed by atoms with Crippen LogP contribution in [0, 0.1) is 0 Å². The zero-order valence-electron chi connectivity index (χ0n) is 9.37. The second-order valence-corrected chi connectivity index (χ2v) is 4.38. The van der Waals surface area contributed by atoms with Crippen LogP contribution in [0.3, 0.4) is 0 Å². The lowest BCUT2D eigenvalue weighted by molar-refractivity contribution is 0.0660. The molecule has 0 atom stereocenters. The molecule has 0 unspecified atom stereocenters. The number of amides is 1. The summed E-state index contributed by atoms with van der Waals surface area (Å²) >= 11 is 11.4. The number of rotatable bonds is 4. The molecule has 0 bridgehead atoms. The molecule has 0 saturated heterocycles. The lowest BCUT2D eigenvalue weighted by atomic mass is 10.4. The van der Waals surface area contributed by atoms with Gasteiger partial charge in [0, 0.05) is 0 Å². The van der Waals surface area contributed by atoms with Crippen molar-refractivity contribution in [1.29, 1.82) is 0 Å². The third kappa shape index (κ3) is 3.10. The van der Waals surface area contributed by atoms with Gasteiger partial charge in [-0.05, 0) is 18.2 Å². The summed E-state index contributed by atoms with van der Waals surface area (Å²) in [6.45, 7) is 0.0559. The largest absolute Gasteiger partial charge is 0.475 e. The van der Waals surface area contributed by atoms with Gasteiger partial charge < -0.3 is 19.8 Å². The highest BCUT2D eigenvalue weighted by molar-refractivity contribution is 6.41. The molecule has 2 rings (SSSR count). The molecule has 3 N–H and O–H groups in total. The van der Waals surface area contributed by atoms with Crippen LogP contribution < -0.4 is 5.32 Å². The van der Waals surface area contributed by atoms with Crippen molar-refractivity contribution in [2.75, 3.05) is 0 Å². The molecule has 0 aliphatic heterocycles. The van der Waals surface area contributed by atoms with Crippen LogP contribution in [0.15, 0.2) is 22.6 Å². The Morgan fingerprint density at radius 1 is 1.37 bits per heavy atom. The topological polar surface area (TPSA) is 95.3 Å². The number of aromatic nitrogens is 1. The average molecular weight is 303 g/mol. The molecule has 0 saturated carbocycles. The van der Waals surface area contributed by atoms with Crippen LogP contribution >= 0.6 is 23.2 Å². The van der Waals surface area contributed by atoms with Gasteiger partial charge in [0.25, 0.3) is 5.91 Å². The van der Waals surface area contributed by atoms with Crippen LogP contribution in [0.4, 0.5) is 0 Å². The molecule has 0 aromatic carbocycles. The zero-order chi connectivity index (χ0) is 14.0. The molecule has 0 radical (unpaired) electrons. The maximum absolute atomic E-state index is 11.7. The Bertz CT molecular complexity index is 613. The zero-order valence-corrected chi connectivity index (χ0v) is 10.9. The van der Waals surface area contributed by atoms with Crippen LogP contribution in [-0.4, -0.2) is 22.0 Å². The second-order valence-electron chi connectivity index (χ2n) is 3.60. The molecule has 8 heteroatoms. The normalized spacial score (nSPS) is 10.4. The number of aromatic carboxylic acids is 1. The number of carboxylic acid groups (broad SMARTS) is 1. The van der Waals surface area contributed by atoms with Crippen molar-refractivity contribution in [3.63, 3.8) is 0 Å². The summed E-state index contributed by atoms with van der Waals surface area (Å²) < 4.78 is 4.98. The summed E-state index contributed by atoms with van der Waals surface area (Å²) in [7, 11) is 0. The maximum Gasteiger partial charge on any atom is 0.371 e. The molecular formula is C11H8Cl2N2O4. The van der Waals surface area contributed by atoms with Gasteiger partial charge in [-0.2, -0.15) is 0 Å². The quantitative estimate of drug-likeness (QED) is 0.808. The Kier molecular flexibility index (Phi) is 3.82. The molecule has 2 heterocycles. The van der Waals surface area contributed by atoms with E-state index in [9.17, 15) is 9.59 Å². The number of nitrogens with one attached hydrogen (secondary N) is 2. The van der Waals surface area contributed by atoms with E-state index in [2.05, 4.69) is 10.3 Å². The van der Waals surface area contributed by atoms with E-state index < -0.39 is 11.9 Å². The van der Waals surface area contributed by atoms with Crippen molar-refractivity contribution in [3.05, 3.63) is 45.6 Å². The lowest BCUT2D eigenvalue weighted by Crippen LogP contribution is -2.22. The minimum Gasteiger partial charge on any atom is -0.475 e. The first kappa shape index (κ1) is 13.5. The highest BCUT2D eigenvalue weighted by atomic mass is 35.5. The summed E-state index contributed by atoms with van der Waals surface area (Å²) in [5.41, 5.74) is 0.208. The number of halogens is 2. The third-order valence-corrected chi connectivity index (χ3v) is 2.96. The SMILES string of the molecule is O=C(NCc1ccc(C(=O)O)o1)c1cc(Cl)c(Cl)[nH]1. The fraction of sp³-hybridized carbons (Fsp3) is 0.0909. The van der Waals surface area contributed by atoms with Crippen LogP contribution in [0.2, 0.25) is 10.2 Å². The number of carbonyl (C=O) groups is 2. The van der Waals surface area contributed by atoms with E-state index in [1.807, 2.05) is 0 Å². The molecule has 0 spiro atoms. The average Bonchev–Trinajstić information content (AvgIpc) is 2.94. The van der Waals surface area contributed by atoms with Gasteiger partial charge in [-0.1, -0.05) is 23.2 Å². The van der Waals surface area contributed by atoms with E-state index in [1.165, 1.54) is 18.2 Å². The summed E-state index contributed by atoms with van der Waals surface area (Å²) in [6, 6.07) is 4.18. The molecule has 6 nitrogen and oxygen atoms in total. The summed E-state index contributed by atoms with van der Waals surface area (Å²) in [4.78, 5) is 24.9. The molecule has 100 valence electrons. The molecule has 2 aromatic heterocycles. The van der Waals surface area contributed by atoms with Gasteiger partial charge >= 0.3 is 5.97 Å². The van der Waals surface area contributed by atoms with E-state index in [4.69, 9.17) is 32.7 Å². The van der Waals surface area contributed by atoms with E-state index in [0.29, 0.717) is 5.76 Å². The van der Waals surface area contributed by atoms with E-state index >= 15 is 0 Å². The monoisotopic (exact) mass is 302 g/mol. The Balaban J connectivity index is 1.98. The van der Waals surface area contributed by atoms with Gasteiger partial charge in [0.1, 0.15) is 16.6 Å². The smallest absolute Gasteiger partial charge is 0.371 e. The van der Waals surface area contributed by atoms with Crippen molar-refractivity contribution >= 4 is 35.1 Å². The summed E-state index contributed by atoms with van der Waals surface area (Å²) in [6.07, 6.45) is 0.